The Morgan fingerprint density at radius 1 is 0.537 bits per heavy atom. The number of para-hydroxylation sites is 2. The van der Waals surface area contributed by atoms with Gasteiger partial charge in [-0.2, -0.15) is 0 Å². The van der Waals surface area contributed by atoms with E-state index in [2.05, 4.69) is 10.6 Å². The van der Waals surface area contributed by atoms with Gasteiger partial charge in [0.15, 0.2) is 13.2 Å². The number of hydrogen-bond acceptors (Lipinski definition) is 7. The zero-order chi connectivity index (χ0) is 29.2. The molecule has 0 fully saturated rings. The van der Waals surface area contributed by atoms with Gasteiger partial charge in [-0.1, -0.05) is 24.3 Å². The van der Waals surface area contributed by atoms with Crippen LogP contribution in [0.3, 0.4) is 0 Å². The largest absolute Gasteiger partial charge is 0.457 e. The van der Waals surface area contributed by atoms with Crippen molar-refractivity contribution < 1.29 is 42.2 Å². The van der Waals surface area contributed by atoms with Crippen molar-refractivity contribution in [3.63, 3.8) is 0 Å². The zero-order valence-corrected chi connectivity index (χ0v) is 21.3. The molecule has 0 aliphatic carbocycles. The molecule has 0 spiro atoms. The number of nitrogens with one attached hydrogen (secondary N) is 2. The van der Waals surface area contributed by atoms with Crippen LogP contribution in [-0.2, 0) is 19.1 Å². The molecule has 4 rings (SSSR count). The van der Waals surface area contributed by atoms with Crippen LogP contribution in [-0.4, -0.2) is 37.0 Å². The first-order chi connectivity index (χ1) is 19.8. The van der Waals surface area contributed by atoms with Gasteiger partial charge in [0.2, 0.25) is 0 Å². The van der Waals surface area contributed by atoms with Gasteiger partial charge in [0, 0.05) is 0 Å². The van der Waals surface area contributed by atoms with E-state index in [0.29, 0.717) is 11.5 Å². The maximum Gasteiger partial charge on any atom is 0.338 e. The minimum absolute atomic E-state index is 0.0240. The summed E-state index contributed by atoms with van der Waals surface area (Å²) in [6, 6.07) is 23.0. The summed E-state index contributed by atoms with van der Waals surface area (Å²) in [5.74, 6) is -3.38. The average Bonchev–Trinajstić information content (AvgIpc) is 2.98. The van der Waals surface area contributed by atoms with Gasteiger partial charge in [-0.15, -0.1) is 0 Å². The third-order valence-electron chi connectivity index (χ3n) is 5.38. The standard InChI is InChI=1S/C30H22F2N2O7/c31-23-5-1-3-7-25(23)33-27(35)17-39-29(37)19-9-13-21(14-10-19)41-22-15-11-20(12-16-22)30(38)40-18-28(36)34-26-8-4-2-6-24(26)32/h1-16H,17-18H2,(H,33,35)(H,34,36). The molecule has 4 aromatic rings. The van der Waals surface area contributed by atoms with E-state index in [0.717, 1.165) is 0 Å². The lowest BCUT2D eigenvalue weighted by Gasteiger charge is -2.09. The van der Waals surface area contributed by atoms with E-state index in [4.69, 9.17) is 14.2 Å². The normalized spacial score (nSPS) is 10.3. The summed E-state index contributed by atoms with van der Waals surface area (Å²) in [6.07, 6.45) is 0. The monoisotopic (exact) mass is 560 g/mol. The van der Waals surface area contributed by atoms with Crippen molar-refractivity contribution in [2.24, 2.45) is 0 Å². The van der Waals surface area contributed by atoms with Gasteiger partial charge in [0.05, 0.1) is 22.5 Å². The Balaban J connectivity index is 1.22. The molecular weight excluding hydrogens is 538 g/mol. The van der Waals surface area contributed by atoms with Crippen LogP contribution in [0.4, 0.5) is 20.2 Å². The topological polar surface area (TPSA) is 120 Å². The first-order valence-corrected chi connectivity index (χ1v) is 12.1. The van der Waals surface area contributed by atoms with Gasteiger partial charge in [0.25, 0.3) is 11.8 Å². The molecular formula is C30H22F2N2O7. The zero-order valence-electron chi connectivity index (χ0n) is 21.3. The maximum atomic E-state index is 13.6. The number of benzene rings is 4. The Kier molecular flexibility index (Phi) is 9.34. The van der Waals surface area contributed by atoms with Crippen LogP contribution in [0.1, 0.15) is 20.7 Å². The number of ether oxygens (including phenoxy) is 3. The van der Waals surface area contributed by atoms with Crippen LogP contribution >= 0.6 is 0 Å². The summed E-state index contributed by atoms with van der Waals surface area (Å²) in [4.78, 5) is 48.3. The second kappa shape index (κ2) is 13.5. The van der Waals surface area contributed by atoms with Gasteiger partial charge >= 0.3 is 11.9 Å². The van der Waals surface area contributed by atoms with Gasteiger partial charge in [-0.25, -0.2) is 18.4 Å². The molecule has 0 aliphatic rings. The van der Waals surface area contributed by atoms with Crippen molar-refractivity contribution in [2.45, 2.75) is 0 Å². The van der Waals surface area contributed by atoms with E-state index < -0.39 is 48.6 Å². The highest BCUT2D eigenvalue weighted by molar-refractivity contribution is 5.96. The molecule has 9 nitrogen and oxygen atoms in total. The van der Waals surface area contributed by atoms with Gasteiger partial charge in [-0.3, -0.25) is 9.59 Å². The first kappa shape index (κ1) is 28.4. The van der Waals surface area contributed by atoms with Crippen LogP contribution in [0.2, 0.25) is 0 Å². The van der Waals surface area contributed by atoms with Crippen LogP contribution in [0.15, 0.2) is 97.1 Å². The predicted molar refractivity (Wildman–Crippen MR) is 144 cm³/mol. The summed E-state index contributed by atoms with van der Waals surface area (Å²) in [7, 11) is 0. The number of anilines is 2. The van der Waals surface area contributed by atoms with Crippen LogP contribution in [0.25, 0.3) is 0 Å². The minimum Gasteiger partial charge on any atom is -0.457 e. The minimum atomic E-state index is -0.759. The fourth-order valence-corrected chi connectivity index (χ4v) is 3.38. The molecule has 2 amide bonds. The van der Waals surface area contributed by atoms with Crippen LogP contribution in [0, 0.1) is 11.6 Å². The molecule has 41 heavy (non-hydrogen) atoms. The molecule has 0 bridgehead atoms. The van der Waals surface area contributed by atoms with Crippen molar-refractivity contribution in [2.75, 3.05) is 23.8 Å². The molecule has 0 saturated carbocycles. The van der Waals surface area contributed by atoms with E-state index in [1.807, 2.05) is 0 Å². The molecule has 0 atom stereocenters. The van der Waals surface area contributed by atoms with Crippen molar-refractivity contribution in [1.29, 1.82) is 0 Å². The Bertz CT molecular complexity index is 1440. The lowest BCUT2D eigenvalue weighted by atomic mass is 10.2. The maximum absolute atomic E-state index is 13.6. The number of esters is 2. The Hall–Kier alpha value is -5.58. The number of rotatable bonds is 10. The van der Waals surface area contributed by atoms with E-state index in [1.54, 1.807) is 12.1 Å². The molecule has 0 aliphatic heterocycles. The number of carbonyl (C=O) groups is 4. The number of carbonyl (C=O) groups excluding carboxylic acids is 4. The van der Waals surface area contributed by atoms with E-state index in [-0.39, 0.29) is 22.5 Å². The second-order valence-electron chi connectivity index (χ2n) is 8.36. The summed E-state index contributed by atoms with van der Waals surface area (Å²) < 4.78 is 42.9. The summed E-state index contributed by atoms with van der Waals surface area (Å²) in [5, 5.41) is 4.63. The average molecular weight is 561 g/mol. The smallest absolute Gasteiger partial charge is 0.338 e. The van der Waals surface area contributed by atoms with Gasteiger partial charge in [-0.05, 0) is 72.8 Å². The summed E-state index contributed by atoms with van der Waals surface area (Å²) in [5.41, 5.74) is 0.273. The van der Waals surface area contributed by atoms with E-state index in [1.165, 1.54) is 84.9 Å². The van der Waals surface area contributed by atoms with Crippen molar-refractivity contribution in [3.8, 4) is 11.5 Å². The number of halogens is 2. The fourth-order valence-electron chi connectivity index (χ4n) is 3.38. The van der Waals surface area contributed by atoms with E-state index in [9.17, 15) is 28.0 Å². The Morgan fingerprint density at radius 2 is 0.902 bits per heavy atom. The molecule has 0 aromatic heterocycles. The molecule has 0 saturated heterocycles. The lowest BCUT2D eigenvalue weighted by Crippen LogP contribution is -2.21. The molecule has 0 heterocycles. The summed E-state index contributed by atoms with van der Waals surface area (Å²) in [6.45, 7) is -1.20. The van der Waals surface area contributed by atoms with Crippen molar-refractivity contribution >= 4 is 35.1 Å². The second-order valence-corrected chi connectivity index (χ2v) is 8.36. The number of amides is 2. The van der Waals surface area contributed by atoms with Crippen LogP contribution < -0.4 is 15.4 Å². The predicted octanol–water partition coefficient (Wildman–Crippen LogP) is 5.35. The van der Waals surface area contributed by atoms with Gasteiger partial charge in [0.1, 0.15) is 23.1 Å². The number of hydrogen-bond donors (Lipinski definition) is 2. The molecule has 2 N–H and O–H groups in total. The lowest BCUT2D eigenvalue weighted by molar-refractivity contribution is -0.119. The highest BCUT2D eigenvalue weighted by Gasteiger charge is 2.14. The van der Waals surface area contributed by atoms with Gasteiger partial charge < -0.3 is 24.8 Å². The SMILES string of the molecule is O=C(COC(=O)c1ccc(Oc2ccc(C(=O)OCC(=O)Nc3ccccc3F)cc2)cc1)Nc1ccccc1F. The third-order valence-corrected chi connectivity index (χ3v) is 5.38. The van der Waals surface area contributed by atoms with E-state index >= 15 is 0 Å². The quantitative estimate of drug-likeness (QED) is 0.251. The molecule has 0 unspecified atom stereocenters. The molecule has 4 aromatic carbocycles. The van der Waals surface area contributed by atoms with Crippen molar-refractivity contribution in [3.05, 3.63) is 120 Å². The molecule has 11 heteroatoms. The highest BCUT2D eigenvalue weighted by Crippen LogP contribution is 2.23. The Morgan fingerprint density at radius 3 is 1.27 bits per heavy atom. The third kappa shape index (κ3) is 8.20. The molecule has 208 valence electrons. The van der Waals surface area contributed by atoms with Crippen LogP contribution in [0.5, 0.6) is 11.5 Å². The summed E-state index contributed by atoms with van der Waals surface area (Å²) >= 11 is 0. The molecule has 0 radical (unpaired) electrons. The van der Waals surface area contributed by atoms with Crippen molar-refractivity contribution in [1.82, 2.24) is 0 Å². The fraction of sp³-hybridized carbons (Fsp3) is 0.0667. The highest BCUT2D eigenvalue weighted by atomic mass is 19.1. The first-order valence-electron chi connectivity index (χ1n) is 12.1. The Labute approximate surface area is 232 Å².